The minimum Gasteiger partial charge on any atom is 0 e. The van der Waals surface area contributed by atoms with Gasteiger partial charge in [0.2, 0.25) is 0 Å². The van der Waals surface area contributed by atoms with Gasteiger partial charge in [0.05, 0.1) is 0 Å². The van der Waals surface area contributed by atoms with Gasteiger partial charge in [0.1, 0.15) is 0 Å². The summed E-state index contributed by atoms with van der Waals surface area (Å²) < 4.78 is 30.0. The van der Waals surface area contributed by atoms with E-state index in [-0.39, 0.29) is 35.9 Å². The fraction of sp³-hybridized carbons (Fsp3) is 0.167. The predicted octanol–water partition coefficient (Wildman–Crippen LogP) is -3.03. The molecule has 0 unspecified atom stereocenters. The van der Waals surface area contributed by atoms with Gasteiger partial charge in [-0.25, -0.2) is 0 Å². The second-order valence-corrected chi connectivity index (χ2v) is 0.204. The van der Waals surface area contributed by atoms with Crippen LogP contribution in [0, 0.1) is 26.6 Å². The van der Waals surface area contributed by atoms with Crippen molar-refractivity contribution in [1.82, 2.24) is 0 Å². The summed E-state index contributed by atoms with van der Waals surface area (Å²) in [6, 6.07) is 0. The van der Waals surface area contributed by atoms with Crippen molar-refractivity contribution >= 4 is 6.29 Å². The van der Waals surface area contributed by atoms with Crippen LogP contribution in [-0.4, -0.2) is 6.29 Å². The van der Waals surface area contributed by atoms with Gasteiger partial charge in [0.15, 0.2) is 0 Å². The molecule has 0 aromatic heterocycles. The molecule has 5 nitrogen and oxygen atoms in total. The zero-order chi connectivity index (χ0) is 10.7. The van der Waals surface area contributed by atoms with Gasteiger partial charge in [0.25, 0.3) is 0 Å². The third kappa shape index (κ3) is 17400. The molecule has 0 saturated carbocycles. The summed E-state index contributed by atoms with van der Waals surface area (Å²) in [4.78, 5) is 8.68. The summed E-state index contributed by atoms with van der Waals surface area (Å²) in [5.74, 6) is 0. The molecule has 0 aromatic carbocycles. The van der Waals surface area contributed by atoms with Crippen molar-refractivity contribution in [2.24, 2.45) is 0 Å². The van der Waals surface area contributed by atoms with Gasteiger partial charge in [-0.05, 0) is 0 Å². The van der Waals surface area contributed by atoms with Crippen molar-refractivity contribution in [1.29, 1.82) is 0 Å². The minimum absolute atomic E-state index is 0. The first-order valence-corrected chi connectivity index (χ1v) is 1.52. The zero-order valence-corrected chi connectivity index (χ0v) is 8.00. The summed E-state index contributed by atoms with van der Waals surface area (Å²) in [6.07, 6.45) is 1.50. The quantitative estimate of drug-likeness (QED) is 0.241. The molecule has 0 saturated heterocycles. The van der Waals surface area contributed by atoms with Crippen molar-refractivity contribution in [2.45, 2.75) is 6.92 Å². The van der Waals surface area contributed by atoms with E-state index in [9.17, 15) is 0 Å². The van der Waals surface area contributed by atoms with E-state index < -0.39 is 0 Å². The molecule has 0 bridgehead atoms. The van der Waals surface area contributed by atoms with E-state index >= 15 is 0 Å². The van der Waals surface area contributed by atoms with Gasteiger partial charge in [-0.15, -0.1) is 0 Å². The molecule has 0 aromatic rings. The average molecular weight is 218 g/mol. The summed E-state index contributed by atoms with van der Waals surface area (Å²) >= 11 is 0. The first-order valence-electron chi connectivity index (χ1n) is 1.52. The maximum atomic E-state index is 8.68. The number of rotatable bonds is 0. The summed E-state index contributed by atoms with van der Waals surface area (Å²) in [5, 5.41) is 0. The molecular formula is C6H3FeLiO5. The van der Waals surface area contributed by atoms with Crippen LogP contribution in [0.4, 0.5) is 0 Å². The van der Waals surface area contributed by atoms with Crippen LogP contribution in [0.1, 0.15) is 6.92 Å². The van der Waals surface area contributed by atoms with Crippen LogP contribution in [0.3, 0.4) is 0 Å². The fourth-order valence-electron chi connectivity index (χ4n) is 0. The summed E-state index contributed by atoms with van der Waals surface area (Å²) in [6.45, 7) is 19.3. The summed E-state index contributed by atoms with van der Waals surface area (Å²) in [5.41, 5.74) is 0. The van der Waals surface area contributed by atoms with E-state index in [0.29, 0.717) is 0 Å². The van der Waals surface area contributed by atoms with Gasteiger partial charge < -0.3 is 4.79 Å². The Balaban J connectivity index is -0.00000000676. The van der Waals surface area contributed by atoms with E-state index in [4.69, 9.17) is 23.4 Å². The Morgan fingerprint density at radius 2 is 0.846 bits per heavy atom. The third-order valence-electron chi connectivity index (χ3n) is 0. The Bertz CT molecular complexity index is 93.2. The predicted molar refractivity (Wildman–Crippen MR) is 27.1 cm³/mol. The molecular weight excluding hydrogens is 215 g/mol. The Kier molecular flexibility index (Phi) is 9960. The molecule has 0 atom stereocenters. The average Bonchev–Trinajstić information content (AvgIpc) is 2.18. The Morgan fingerprint density at radius 3 is 0.846 bits per heavy atom. The van der Waals surface area contributed by atoms with Gasteiger partial charge in [0, 0.05) is 17.1 Å². The molecule has 0 aliphatic heterocycles. The Hall–Kier alpha value is -0.253. The zero-order valence-electron chi connectivity index (χ0n) is 6.89. The van der Waals surface area contributed by atoms with E-state index in [2.05, 4.69) is 26.6 Å². The van der Waals surface area contributed by atoms with Gasteiger partial charge in [-0.1, -0.05) is 0 Å². The molecule has 7 heteroatoms. The van der Waals surface area contributed by atoms with Crippen LogP contribution >= 0.6 is 0 Å². The molecule has 0 amide bonds. The van der Waals surface area contributed by atoms with E-state index in [1.807, 2.05) is 0 Å². The van der Waals surface area contributed by atoms with Crippen LogP contribution in [-0.2, 0) is 40.5 Å². The molecule has 0 radical (unpaired) electrons. The molecule has 66 valence electrons. The molecule has 0 aliphatic rings. The first-order chi connectivity index (χ1) is 5.41. The maximum Gasteiger partial charge on any atom is 1.00 e. The van der Waals surface area contributed by atoms with Crippen LogP contribution in [0.15, 0.2) is 0 Å². The molecule has 0 heterocycles. The van der Waals surface area contributed by atoms with Crippen molar-refractivity contribution < 1.29 is 59.3 Å². The van der Waals surface area contributed by atoms with Gasteiger partial charge in [-0.3, -0.25) is 6.29 Å². The monoisotopic (exact) mass is 218 g/mol. The minimum atomic E-state index is 0. The first kappa shape index (κ1) is 53.3. The summed E-state index contributed by atoms with van der Waals surface area (Å²) in [7, 11) is 0. The van der Waals surface area contributed by atoms with E-state index in [1.165, 1.54) is 13.2 Å². The van der Waals surface area contributed by atoms with Crippen LogP contribution in [0.2, 0.25) is 0 Å². The molecule has 0 N–H and O–H groups in total. The number of hydrogen-bond donors (Lipinski definition) is 0. The smallest absolute Gasteiger partial charge is 0 e. The largest absolute Gasteiger partial charge is 1.00 e. The molecule has 0 fully saturated rings. The van der Waals surface area contributed by atoms with Crippen molar-refractivity contribution in [3.63, 3.8) is 0 Å². The fourth-order valence-corrected chi connectivity index (χ4v) is 0. The number of hydrogen-bond acceptors (Lipinski definition) is 1. The standard InChI is InChI=1S/C2H3O.4CO.Fe.Li/c1-2-3;4*1-2;;/h1H3;;;;;;/q-1;;;;;;+1. The van der Waals surface area contributed by atoms with Crippen LogP contribution < -0.4 is 18.9 Å². The molecule has 0 spiro atoms. The number of carbonyl (C=O) groups excluding carboxylic acids is 1. The normalized spacial score (nSPS) is 1.62. The van der Waals surface area contributed by atoms with Crippen molar-refractivity contribution in [3.05, 3.63) is 26.6 Å². The Labute approximate surface area is 99.2 Å². The molecule has 0 aliphatic carbocycles. The van der Waals surface area contributed by atoms with Crippen LogP contribution in [0.5, 0.6) is 0 Å². The van der Waals surface area contributed by atoms with E-state index in [1.54, 1.807) is 0 Å². The van der Waals surface area contributed by atoms with Crippen LogP contribution in [0.25, 0.3) is 0 Å². The van der Waals surface area contributed by atoms with Crippen molar-refractivity contribution in [3.8, 4) is 0 Å². The van der Waals surface area contributed by atoms with E-state index in [0.717, 1.165) is 0 Å². The molecule has 0 rings (SSSR count). The van der Waals surface area contributed by atoms with Gasteiger partial charge >= 0.3 is 64.1 Å². The third-order valence-corrected chi connectivity index (χ3v) is 0. The SMILES string of the molecule is C[C-]=O.[C-]#[O+].[C-]#[O+].[C-]#[O+].[C-]#[O+].[Fe].[Li+]. The van der Waals surface area contributed by atoms with Gasteiger partial charge in [-0.2, -0.15) is 6.92 Å². The maximum absolute atomic E-state index is 8.68. The topological polar surface area (TPSA) is 96.7 Å². The molecule has 13 heavy (non-hydrogen) atoms. The van der Waals surface area contributed by atoms with Crippen molar-refractivity contribution in [2.75, 3.05) is 0 Å². The Morgan fingerprint density at radius 1 is 0.846 bits per heavy atom. The second-order valence-electron chi connectivity index (χ2n) is 0.204. The second kappa shape index (κ2) is 2430.